The zero-order valence-electron chi connectivity index (χ0n) is 13.1. The molecule has 0 aliphatic carbocycles. The number of benzene rings is 1. The Morgan fingerprint density at radius 1 is 1.35 bits per heavy atom. The van der Waals surface area contributed by atoms with E-state index in [1.54, 1.807) is 11.3 Å². The highest BCUT2D eigenvalue weighted by Crippen LogP contribution is 2.45. The molecular formula is C18H19NO3S. The molecule has 1 aromatic heterocycles. The van der Waals surface area contributed by atoms with Gasteiger partial charge in [-0.05, 0) is 34.0 Å². The number of hydrogen-bond donors (Lipinski definition) is 1. The number of carbonyl (C=O) groups is 1. The van der Waals surface area contributed by atoms with Crippen LogP contribution in [-0.4, -0.2) is 12.7 Å². The molecule has 1 amide bonds. The minimum atomic E-state index is -0.766. The molecule has 2 aromatic rings. The van der Waals surface area contributed by atoms with Crippen molar-refractivity contribution in [3.63, 3.8) is 0 Å². The number of primary amides is 1. The summed E-state index contributed by atoms with van der Waals surface area (Å²) in [5.74, 6) is 0.739. The second kappa shape index (κ2) is 6.08. The Labute approximate surface area is 139 Å². The maximum Gasteiger partial charge on any atom is 0.405 e. The van der Waals surface area contributed by atoms with Crippen LogP contribution in [0.25, 0.3) is 12.2 Å². The van der Waals surface area contributed by atoms with Gasteiger partial charge in [0.05, 0.1) is 6.61 Å². The van der Waals surface area contributed by atoms with Gasteiger partial charge in [0.1, 0.15) is 11.9 Å². The van der Waals surface area contributed by atoms with E-state index in [4.69, 9.17) is 15.2 Å². The number of rotatable bonds is 3. The lowest BCUT2D eigenvalue weighted by Crippen LogP contribution is -2.37. The molecule has 4 nitrogen and oxygen atoms in total. The number of thiophene rings is 1. The second-order valence-electron chi connectivity index (χ2n) is 6.28. The minimum absolute atomic E-state index is 0.323. The van der Waals surface area contributed by atoms with Gasteiger partial charge in [0.15, 0.2) is 0 Å². The predicted octanol–water partition coefficient (Wildman–Crippen LogP) is 4.47. The van der Waals surface area contributed by atoms with E-state index in [1.807, 2.05) is 43.5 Å². The van der Waals surface area contributed by atoms with Crippen molar-refractivity contribution in [1.29, 1.82) is 0 Å². The fourth-order valence-corrected chi connectivity index (χ4v) is 3.29. The zero-order valence-corrected chi connectivity index (χ0v) is 13.9. The van der Waals surface area contributed by atoms with Crippen molar-refractivity contribution in [1.82, 2.24) is 0 Å². The summed E-state index contributed by atoms with van der Waals surface area (Å²) in [5.41, 5.74) is 7.96. The predicted molar refractivity (Wildman–Crippen MR) is 92.4 cm³/mol. The van der Waals surface area contributed by atoms with E-state index in [2.05, 4.69) is 17.5 Å². The van der Waals surface area contributed by atoms with Crippen LogP contribution < -0.4 is 10.5 Å². The Kier molecular flexibility index (Phi) is 4.13. The van der Waals surface area contributed by atoms with Crippen molar-refractivity contribution in [3.8, 4) is 5.75 Å². The van der Waals surface area contributed by atoms with Crippen LogP contribution in [0.1, 0.15) is 36.6 Å². The van der Waals surface area contributed by atoms with Crippen LogP contribution in [0, 0.1) is 5.41 Å². The highest BCUT2D eigenvalue weighted by atomic mass is 32.1. The molecule has 1 unspecified atom stereocenters. The Bertz CT molecular complexity index is 735. The number of fused-ring (bicyclic) bond motifs is 1. The fourth-order valence-electron chi connectivity index (χ4n) is 2.66. The SMILES string of the molecule is CC1(C)COc2cc(/C=C/c3ccsc3)ccc2C1OC(N)=O. The van der Waals surface area contributed by atoms with Crippen molar-refractivity contribution in [2.75, 3.05) is 6.61 Å². The molecule has 1 aliphatic heterocycles. The van der Waals surface area contributed by atoms with Crippen LogP contribution in [0.3, 0.4) is 0 Å². The molecule has 2 heterocycles. The average molecular weight is 329 g/mol. The average Bonchev–Trinajstić information content (AvgIpc) is 3.01. The Morgan fingerprint density at radius 2 is 2.13 bits per heavy atom. The maximum atomic E-state index is 11.2. The Balaban J connectivity index is 1.89. The van der Waals surface area contributed by atoms with E-state index in [0.29, 0.717) is 6.61 Å². The molecule has 0 bridgehead atoms. The van der Waals surface area contributed by atoms with Crippen molar-refractivity contribution < 1.29 is 14.3 Å². The topological polar surface area (TPSA) is 61.6 Å². The van der Waals surface area contributed by atoms with Gasteiger partial charge in [-0.2, -0.15) is 11.3 Å². The van der Waals surface area contributed by atoms with Gasteiger partial charge in [0, 0.05) is 11.0 Å². The van der Waals surface area contributed by atoms with Crippen LogP contribution in [0.5, 0.6) is 5.75 Å². The van der Waals surface area contributed by atoms with E-state index in [0.717, 1.165) is 16.9 Å². The standard InChI is InChI=1S/C18H19NO3S/c1-18(2)11-21-15-9-12(3-4-13-7-8-23-10-13)5-6-14(15)16(18)22-17(19)20/h3-10,16H,11H2,1-2H3,(H2,19,20)/b4-3+. The Hall–Kier alpha value is -2.27. The van der Waals surface area contributed by atoms with E-state index in [-0.39, 0.29) is 5.41 Å². The summed E-state index contributed by atoms with van der Waals surface area (Å²) < 4.78 is 11.2. The van der Waals surface area contributed by atoms with Crippen LogP contribution in [0.2, 0.25) is 0 Å². The van der Waals surface area contributed by atoms with Crippen LogP contribution in [0.15, 0.2) is 35.0 Å². The summed E-state index contributed by atoms with van der Waals surface area (Å²) in [6.07, 6.45) is 2.92. The second-order valence-corrected chi connectivity index (χ2v) is 7.06. The van der Waals surface area contributed by atoms with Gasteiger partial charge in [0.25, 0.3) is 0 Å². The highest BCUT2D eigenvalue weighted by Gasteiger charge is 2.40. The molecule has 23 heavy (non-hydrogen) atoms. The van der Waals surface area contributed by atoms with E-state index >= 15 is 0 Å². The van der Waals surface area contributed by atoms with E-state index in [1.165, 1.54) is 5.56 Å². The molecule has 1 atom stereocenters. The quantitative estimate of drug-likeness (QED) is 0.903. The number of hydrogen-bond acceptors (Lipinski definition) is 4. The Morgan fingerprint density at radius 3 is 2.83 bits per heavy atom. The van der Waals surface area contributed by atoms with E-state index in [9.17, 15) is 4.79 Å². The summed E-state index contributed by atoms with van der Waals surface area (Å²) >= 11 is 1.67. The molecule has 1 aliphatic rings. The van der Waals surface area contributed by atoms with Crippen molar-refractivity contribution in [2.24, 2.45) is 11.1 Å². The first-order valence-electron chi connectivity index (χ1n) is 7.39. The lowest BCUT2D eigenvalue weighted by atomic mass is 9.81. The molecular weight excluding hydrogens is 310 g/mol. The maximum absolute atomic E-state index is 11.2. The normalized spacial score (nSPS) is 19.1. The summed E-state index contributed by atoms with van der Waals surface area (Å²) in [7, 11) is 0. The molecule has 0 radical (unpaired) electrons. The third kappa shape index (κ3) is 3.40. The number of amides is 1. The number of ether oxygens (including phenoxy) is 2. The molecule has 120 valence electrons. The van der Waals surface area contributed by atoms with Crippen molar-refractivity contribution in [3.05, 3.63) is 51.7 Å². The first kappa shape index (κ1) is 15.6. The zero-order chi connectivity index (χ0) is 16.4. The van der Waals surface area contributed by atoms with Gasteiger partial charge in [0.2, 0.25) is 0 Å². The summed E-state index contributed by atoms with van der Waals surface area (Å²) in [6, 6.07) is 7.96. The van der Waals surface area contributed by atoms with Gasteiger partial charge >= 0.3 is 6.09 Å². The van der Waals surface area contributed by atoms with E-state index < -0.39 is 12.2 Å². The molecule has 0 saturated carbocycles. The molecule has 1 aromatic carbocycles. The lowest BCUT2D eigenvalue weighted by Gasteiger charge is -2.38. The molecule has 0 spiro atoms. The van der Waals surface area contributed by atoms with Gasteiger partial charge < -0.3 is 15.2 Å². The molecule has 3 rings (SSSR count). The molecule has 0 saturated heterocycles. The fraction of sp³-hybridized carbons (Fsp3) is 0.278. The van der Waals surface area contributed by atoms with Crippen molar-refractivity contribution >= 4 is 29.6 Å². The first-order valence-corrected chi connectivity index (χ1v) is 8.33. The monoisotopic (exact) mass is 329 g/mol. The van der Waals surface area contributed by atoms with Crippen LogP contribution in [0.4, 0.5) is 4.79 Å². The third-order valence-corrected chi connectivity index (χ3v) is 4.58. The van der Waals surface area contributed by atoms with Gasteiger partial charge in [-0.1, -0.05) is 38.1 Å². The molecule has 5 heteroatoms. The first-order chi connectivity index (χ1) is 11.0. The van der Waals surface area contributed by atoms with Crippen molar-refractivity contribution in [2.45, 2.75) is 20.0 Å². The van der Waals surface area contributed by atoms with Gasteiger partial charge in [-0.15, -0.1) is 0 Å². The number of nitrogens with two attached hydrogens (primary N) is 1. The minimum Gasteiger partial charge on any atom is -0.492 e. The summed E-state index contributed by atoms with van der Waals surface area (Å²) in [5, 5.41) is 4.13. The summed E-state index contributed by atoms with van der Waals surface area (Å²) in [4.78, 5) is 11.2. The largest absolute Gasteiger partial charge is 0.492 e. The smallest absolute Gasteiger partial charge is 0.405 e. The van der Waals surface area contributed by atoms with Crippen LogP contribution in [-0.2, 0) is 4.74 Å². The lowest BCUT2D eigenvalue weighted by molar-refractivity contribution is -0.0176. The molecule has 2 N–H and O–H groups in total. The van der Waals surface area contributed by atoms with Gasteiger partial charge in [-0.25, -0.2) is 4.79 Å². The highest BCUT2D eigenvalue weighted by molar-refractivity contribution is 7.08. The van der Waals surface area contributed by atoms with Crippen LogP contribution >= 0.6 is 11.3 Å². The molecule has 0 fully saturated rings. The summed E-state index contributed by atoms with van der Waals surface area (Å²) in [6.45, 7) is 4.46. The number of carbonyl (C=O) groups excluding carboxylic acids is 1. The third-order valence-electron chi connectivity index (χ3n) is 3.87. The van der Waals surface area contributed by atoms with Gasteiger partial charge in [-0.3, -0.25) is 0 Å².